The summed E-state index contributed by atoms with van der Waals surface area (Å²) in [5.74, 6) is 1.67. The Morgan fingerprint density at radius 2 is 1.75 bits per heavy atom. The first kappa shape index (κ1) is 20.3. The molecular formula is C26H26N6. The molecule has 1 N–H and O–H groups in total. The Balaban J connectivity index is 1.51. The number of hydrogen-bond acceptors (Lipinski definition) is 6. The number of pyridine rings is 2. The Labute approximate surface area is 188 Å². The molecular weight excluding hydrogens is 396 g/mol. The molecule has 0 unspecified atom stereocenters. The van der Waals surface area contributed by atoms with E-state index in [0.717, 1.165) is 48.1 Å². The van der Waals surface area contributed by atoms with E-state index >= 15 is 0 Å². The summed E-state index contributed by atoms with van der Waals surface area (Å²) in [7, 11) is 0. The molecule has 4 aromatic rings. The zero-order chi connectivity index (χ0) is 21.6. The van der Waals surface area contributed by atoms with Crippen LogP contribution in [-0.4, -0.2) is 31.4 Å². The number of piperidine rings is 1. The van der Waals surface area contributed by atoms with E-state index in [1.165, 1.54) is 18.4 Å². The van der Waals surface area contributed by atoms with Crippen molar-refractivity contribution in [1.29, 1.82) is 0 Å². The number of nitrogens with zero attached hydrogens (tertiary/aromatic N) is 5. The fraction of sp³-hybridized carbons (Fsp3) is 0.231. The number of para-hydroxylation sites is 1. The molecule has 3 aromatic heterocycles. The van der Waals surface area contributed by atoms with E-state index in [4.69, 9.17) is 9.97 Å². The third-order valence-corrected chi connectivity index (χ3v) is 5.79. The van der Waals surface area contributed by atoms with Gasteiger partial charge in [0.2, 0.25) is 0 Å². The summed E-state index contributed by atoms with van der Waals surface area (Å²) < 4.78 is 0. The van der Waals surface area contributed by atoms with Gasteiger partial charge in [-0.15, -0.1) is 0 Å². The summed E-state index contributed by atoms with van der Waals surface area (Å²) in [6, 6.07) is 20.4. The van der Waals surface area contributed by atoms with Crippen molar-refractivity contribution >= 4 is 11.5 Å². The molecule has 0 bridgehead atoms. The molecule has 1 saturated heterocycles. The van der Waals surface area contributed by atoms with E-state index in [2.05, 4.69) is 26.3 Å². The number of benzene rings is 1. The lowest BCUT2D eigenvalue weighted by molar-refractivity contribution is 0.134. The van der Waals surface area contributed by atoms with Crippen LogP contribution < -0.4 is 5.32 Å². The second-order valence-corrected chi connectivity index (χ2v) is 8.07. The highest BCUT2D eigenvalue weighted by atomic mass is 15.2. The highest BCUT2D eigenvalue weighted by Crippen LogP contribution is 2.32. The molecule has 5 rings (SSSR count). The predicted octanol–water partition coefficient (Wildman–Crippen LogP) is 5.40. The first-order chi connectivity index (χ1) is 15.8. The summed E-state index contributed by atoms with van der Waals surface area (Å²) in [6.07, 6.45) is 10.8. The Kier molecular flexibility index (Phi) is 6.12. The van der Waals surface area contributed by atoms with Gasteiger partial charge in [-0.1, -0.05) is 30.7 Å². The van der Waals surface area contributed by atoms with Gasteiger partial charge >= 0.3 is 0 Å². The Bertz CT molecular complexity index is 1130. The molecule has 6 heteroatoms. The molecule has 0 spiro atoms. The molecule has 1 aliphatic rings. The lowest BCUT2D eigenvalue weighted by atomic mass is 10.00. The fourth-order valence-electron chi connectivity index (χ4n) is 4.22. The summed E-state index contributed by atoms with van der Waals surface area (Å²) >= 11 is 0. The van der Waals surface area contributed by atoms with E-state index in [0.29, 0.717) is 0 Å². The smallest absolute Gasteiger partial charge is 0.148 e. The average molecular weight is 423 g/mol. The number of anilines is 2. The minimum atomic E-state index is 0.169. The van der Waals surface area contributed by atoms with E-state index in [9.17, 15) is 0 Å². The molecule has 32 heavy (non-hydrogen) atoms. The maximum Gasteiger partial charge on any atom is 0.148 e. The van der Waals surface area contributed by atoms with Crippen LogP contribution in [0.1, 0.15) is 36.7 Å². The lowest BCUT2D eigenvalue weighted by Gasteiger charge is -2.35. The molecule has 4 heterocycles. The van der Waals surface area contributed by atoms with Crippen LogP contribution in [0, 0.1) is 0 Å². The monoisotopic (exact) mass is 422 g/mol. The van der Waals surface area contributed by atoms with E-state index in [-0.39, 0.29) is 6.04 Å². The van der Waals surface area contributed by atoms with Crippen LogP contribution in [0.5, 0.6) is 0 Å². The standard InChI is InChI=1S/C26H26N6/c1-2-8-22(9-3-1)29-25-17-23(21-11-14-27-15-12-21)30-26(31-25)24-10-4-5-16-32(24)19-20-7-6-13-28-18-20/h1-3,6-9,11-15,17-18,24H,4-5,10,16,19H2,(H,29,30,31)/t24-/m1/s1. The van der Waals surface area contributed by atoms with Crippen LogP contribution in [0.3, 0.4) is 0 Å². The molecule has 1 aliphatic heterocycles. The molecule has 1 aromatic carbocycles. The number of likely N-dealkylation sites (tertiary alicyclic amines) is 1. The number of hydrogen-bond donors (Lipinski definition) is 1. The lowest BCUT2D eigenvalue weighted by Crippen LogP contribution is -2.34. The highest BCUT2D eigenvalue weighted by molar-refractivity contribution is 5.65. The number of rotatable bonds is 6. The van der Waals surface area contributed by atoms with Gasteiger partial charge < -0.3 is 5.32 Å². The van der Waals surface area contributed by atoms with E-state index in [1.807, 2.05) is 67.0 Å². The van der Waals surface area contributed by atoms with Gasteiger partial charge in [0.05, 0.1) is 11.7 Å². The molecule has 160 valence electrons. The third kappa shape index (κ3) is 4.81. The molecule has 1 fully saturated rings. The van der Waals surface area contributed by atoms with Gasteiger partial charge in [0.1, 0.15) is 11.6 Å². The highest BCUT2D eigenvalue weighted by Gasteiger charge is 2.27. The fourth-order valence-corrected chi connectivity index (χ4v) is 4.22. The quantitative estimate of drug-likeness (QED) is 0.448. The van der Waals surface area contributed by atoms with Gasteiger partial charge in [-0.2, -0.15) is 0 Å². The first-order valence-corrected chi connectivity index (χ1v) is 11.1. The molecule has 0 saturated carbocycles. The van der Waals surface area contributed by atoms with Crippen molar-refractivity contribution in [3.8, 4) is 11.3 Å². The van der Waals surface area contributed by atoms with Crippen LogP contribution in [0.25, 0.3) is 11.3 Å². The predicted molar refractivity (Wildman–Crippen MR) is 126 cm³/mol. The molecule has 0 amide bonds. The minimum absolute atomic E-state index is 0.169. The van der Waals surface area contributed by atoms with Crippen molar-refractivity contribution in [1.82, 2.24) is 24.8 Å². The number of aromatic nitrogens is 4. The van der Waals surface area contributed by atoms with Gasteiger partial charge in [-0.05, 0) is 55.3 Å². The van der Waals surface area contributed by atoms with Crippen molar-refractivity contribution < 1.29 is 0 Å². The number of nitrogens with one attached hydrogen (secondary N) is 1. The van der Waals surface area contributed by atoms with Crippen molar-refractivity contribution in [3.63, 3.8) is 0 Å². The summed E-state index contributed by atoms with van der Waals surface area (Å²) in [4.78, 5) is 20.9. The van der Waals surface area contributed by atoms with Crippen molar-refractivity contribution in [2.45, 2.75) is 31.8 Å². The SMILES string of the molecule is c1ccc(Nc2cc(-c3ccncc3)nc([C@H]3CCCCN3Cc3cccnc3)n2)cc1. The largest absolute Gasteiger partial charge is 0.340 e. The summed E-state index contributed by atoms with van der Waals surface area (Å²) in [6.45, 7) is 1.88. The summed E-state index contributed by atoms with van der Waals surface area (Å²) in [5.41, 5.74) is 4.16. The van der Waals surface area contributed by atoms with Crippen LogP contribution in [-0.2, 0) is 6.54 Å². The maximum atomic E-state index is 5.02. The van der Waals surface area contributed by atoms with Crippen molar-refractivity contribution in [3.05, 3.63) is 96.8 Å². The van der Waals surface area contributed by atoms with Gasteiger partial charge in [-0.3, -0.25) is 14.9 Å². The van der Waals surface area contributed by atoms with E-state index in [1.54, 1.807) is 12.4 Å². The maximum absolute atomic E-state index is 5.02. The van der Waals surface area contributed by atoms with Crippen LogP contribution in [0.15, 0.2) is 85.5 Å². The Morgan fingerprint density at radius 1 is 0.875 bits per heavy atom. The topological polar surface area (TPSA) is 66.8 Å². The zero-order valence-corrected chi connectivity index (χ0v) is 17.9. The third-order valence-electron chi connectivity index (χ3n) is 5.79. The second kappa shape index (κ2) is 9.66. The Morgan fingerprint density at radius 3 is 2.56 bits per heavy atom. The molecule has 6 nitrogen and oxygen atoms in total. The van der Waals surface area contributed by atoms with Crippen LogP contribution >= 0.6 is 0 Å². The van der Waals surface area contributed by atoms with Crippen LogP contribution in [0.4, 0.5) is 11.5 Å². The second-order valence-electron chi connectivity index (χ2n) is 8.07. The minimum Gasteiger partial charge on any atom is -0.340 e. The van der Waals surface area contributed by atoms with Crippen molar-refractivity contribution in [2.75, 3.05) is 11.9 Å². The molecule has 0 aliphatic carbocycles. The zero-order valence-electron chi connectivity index (χ0n) is 17.9. The summed E-state index contributed by atoms with van der Waals surface area (Å²) in [5, 5.41) is 3.46. The van der Waals surface area contributed by atoms with Gasteiger partial charge in [0.15, 0.2) is 0 Å². The first-order valence-electron chi connectivity index (χ1n) is 11.1. The van der Waals surface area contributed by atoms with Crippen molar-refractivity contribution in [2.24, 2.45) is 0 Å². The molecule has 0 radical (unpaired) electrons. The van der Waals surface area contributed by atoms with Gasteiger partial charge in [0.25, 0.3) is 0 Å². The normalized spacial score (nSPS) is 16.6. The van der Waals surface area contributed by atoms with Gasteiger partial charge in [-0.25, -0.2) is 9.97 Å². The molecule has 1 atom stereocenters. The van der Waals surface area contributed by atoms with E-state index < -0.39 is 0 Å². The average Bonchev–Trinajstić information content (AvgIpc) is 2.86. The Hall–Kier alpha value is -3.64. The van der Waals surface area contributed by atoms with Crippen LogP contribution in [0.2, 0.25) is 0 Å². The van der Waals surface area contributed by atoms with Gasteiger partial charge in [0, 0.05) is 48.6 Å².